The summed E-state index contributed by atoms with van der Waals surface area (Å²) in [5.74, 6) is 0.273. The maximum Gasteiger partial charge on any atom is 0.107 e. The monoisotopic (exact) mass is 218 g/mol. The van der Waals surface area contributed by atoms with Crippen LogP contribution < -0.4 is 0 Å². The van der Waals surface area contributed by atoms with Crippen molar-refractivity contribution in [2.45, 2.75) is 26.1 Å². The van der Waals surface area contributed by atoms with Crippen LogP contribution in [0.3, 0.4) is 0 Å². The molecule has 2 unspecified atom stereocenters. The first-order valence-electron chi connectivity index (χ1n) is 4.10. The van der Waals surface area contributed by atoms with Gasteiger partial charge in [-0.1, -0.05) is 0 Å². The molecule has 0 bridgehead atoms. The number of hydrogen-bond acceptors (Lipinski definition) is 4. The Hall–Kier alpha value is -0.0300. The Morgan fingerprint density at radius 1 is 1.46 bits per heavy atom. The highest BCUT2D eigenvalue weighted by atomic mass is 32.1. The summed E-state index contributed by atoms with van der Waals surface area (Å²) in [5.41, 5.74) is 0.823. The Labute approximate surface area is 87.6 Å². The van der Waals surface area contributed by atoms with Gasteiger partial charge in [-0.2, -0.15) is 12.6 Å². The third kappa shape index (κ3) is 2.47. The molecule has 1 heterocycles. The topological polar surface area (TPSA) is 40.5 Å². The Kier molecular flexibility index (Phi) is 3.79. The molecular weight excluding hydrogens is 204 g/mol. The van der Waals surface area contributed by atoms with Crippen molar-refractivity contribution in [1.82, 2.24) is 0 Å². The summed E-state index contributed by atoms with van der Waals surface area (Å²) in [5, 5.41) is 19.1. The van der Waals surface area contributed by atoms with Gasteiger partial charge < -0.3 is 10.2 Å². The van der Waals surface area contributed by atoms with E-state index in [1.165, 1.54) is 0 Å². The van der Waals surface area contributed by atoms with Gasteiger partial charge in [-0.05, 0) is 25.5 Å². The second-order valence-electron chi connectivity index (χ2n) is 3.06. The fourth-order valence-electron chi connectivity index (χ4n) is 1.25. The average molecular weight is 218 g/mol. The van der Waals surface area contributed by atoms with Gasteiger partial charge in [0.2, 0.25) is 0 Å². The molecule has 2 atom stereocenters. The molecule has 1 aromatic heterocycles. The van der Waals surface area contributed by atoms with E-state index >= 15 is 0 Å². The lowest BCUT2D eigenvalue weighted by molar-refractivity contribution is 0.0336. The zero-order valence-electron chi connectivity index (χ0n) is 7.69. The zero-order chi connectivity index (χ0) is 10.0. The molecule has 0 saturated carbocycles. The van der Waals surface area contributed by atoms with Gasteiger partial charge in [0, 0.05) is 15.5 Å². The van der Waals surface area contributed by atoms with Crippen LogP contribution in [0, 0.1) is 13.8 Å². The van der Waals surface area contributed by atoms with Crippen LogP contribution in [-0.2, 0) is 0 Å². The van der Waals surface area contributed by atoms with E-state index in [-0.39, 0.29) is 5.75 Å². The summed E-state index contributed by atoms with van der Waals surface area (Å²) in [6, 6.07) is 1.91. The summed E-state index contributed by atoms with van der Waals surface area (Å²) in [7, 11) is 0. The molecule has 2 N–H and O–H groups in total. The van der Waals surface area contributed by atoms with Crippen LogP contribution in [0.15, 0.2) is 6.07 Å². The minimum atomic E-state index is -0.803. The zero-order valence-corrected chi connectivity index (χ0v) is 9.40. The van der Waals surface area contributed by atoms with Gasteiger partial charge >= 0.3 is 0 Å². The van der Waals surface area contributed by atoms with E-state index in [0.29, 0.717) is 0 Å². The SMILES string of the molecule is Cc1cc(C(O)C(O)CS)c(C)s1. The third-order valence-corrected chi connectivity index (χ3v) is 3.31. The standard InChI is InChI=1S/C9H14O2S2/c1-5-3-7(6(2)13-5)9(11)8(10)4-12/h3,8-12H,4H2,1-2H3. The molecule has 0 aliphatic heterocycles. The first-order chi connectivity index (χ1) is 6.06. The molecule has 0 spiro atoms. The molecule has 0 aliphatic carbocycles. The molecule has 0 fully saturated rings. The average Bonchev–Trinajstić information content (AvgIpc) is 2.42. The van der Waals surface area contributed by atoms with Crippen LogP contribution >= 0.6 is 24.0 Å². The van der Waals surface area contributed by atoms with Crippen LogP contribution in [0.1, 0.15) is 21.4 Å². The van der Waals surface area contributed by atoms with Crippen molar-refractivity contribution >= 4 is 24.0 Å². The number of thiol groups is 1. The largest absolute Gasteiger partial charge is 0.389 e. The summed E-state index contributed by atoms with van der Waals surface area (Å²) in [6.07, 6.45) is -1.58. The maximum absolute atomic E-state index is 9.69. The van der Waals surface area contributed by atoms with Crippen molar-refractivity contribution in [3.8, 4) is 0 Å². The molecule has 0 amide bonds. The van der Waals surface area contributed by atoms with Gasteiger partial charge in [0.25, 0.3) is 0 Å². The number of aliphatic hydroxyl groups is 2. The smallest absolute Gasteiger partial charge is 0.107 e. The quantitative estimate of drug-likeness (QED) is 0.676. The van der Waals surface area contributed by atoms with E-state index in [4.69, 9.17) is 0 Å². The number of thiophene rings is 1. The lowest BCUT2D eigenvalue weighted by atomic mass is 10.1. The van der Waals surface area contributed by atoms with Crippen molar-refractivity contribution in [2.24, 2.45) is 0 Å². The van der Waals surface area contributed by atoms with Crippen LogP contribution in [0.25, 0.3) is 0 Å². The molecule has 74 valence electrons. The van der Waals surface area contributed by atoms with E-state index in [2.05, 4.69) is 12.6 Å². The van der Waals surface area contributed by atoms with E-state index in [1.807, 2.05) is 19.9 Å². The predicted molar refractivity (Wildman–Crippen MR) is 58.6 cm³/mol. The Morgan fingerprint density at radius 2 is 2.08 bits per heavy atom. The van der Waals surface area contributed by atoms with Crippen molar-refractivity contribution in [3.05, 3.63) is 21.4 Å². The normalized spacial score (nSPS) is 15.8. The number of hydrogen-bond donors (Lipinski definition) is 3. The van der Waals surface area contributed by atoms with Crippen molar-refractivity contribution in [1.29, 1.82) is 0 Å². The molecule has 0 radical (unpaired) electrons. The highest BCUT2D eigenvalue weighted by Crippen LogP contribution is 2.28. The summed E-state index contributed by atoms with van der Waals surface area (Å²) in [6.45, 7) is 3.93. The molecule has 1 rings (SSSR count). The number of aliphatic hydroxyl groups excluding tert-OH is 2. The van der Waals surface area contributed by atoms with Crippen LogP contribution in [0.2, 0.25) is 0 Å². The van der Waals surface area contributed by atoms with E-state index in [0.717, 1.165) is 15.3 Å². The molecular formula is C9H14O2S2. The van der Waals surface area contributed by atoms with Gasteiger partial charge in [-0.15, -0.1) is 11.3 Å². The number of aryl methyl sites for hydroxylation is 2. The lowest BCUT2D eigenvalue weighted by Gasteiger charge is -2.15. The van der Waals surface area contributed by atoms with Crippen LogP contribution in [-0.4, -0.2) is 22.1 Å². The minimum Gasteiger partial charge on any atom is -0.389 e. The predicted octanol–water partition coefficient (Wildman–Crippen LogP) is 1.69. The molecule has 1 aromatic rings. The molecule has 2 nitrogen and oxygen atoms in total. The fraction of sp³-hybridized carbons (Fsp3) is 0.556. The Bertz CT molecular complexity index is 283. The van der Waals surface area contributed by atoms with E-state index in [9.17, 15) is 10.2 Å². The van der Waals surface area contributed by atoms with Gasteiger partial charge in [-0.3, -0.25) is 0 Å². The summed E-state index contributed by atoms with van der Waals surface area (Å²) < 4.78 is 0. The molecule has 0 aliphatic rings. The second kappa shape index (κ2) is 4.46. The highest BCUT2D eigenvalue weighted by molar-refractivity contribution is 7.80. The molecule has 0 saturated heterocycles. The van der Waals surface area contributed by atoms with Crippen molar-refractivity contribution in [2.75, 3.05) is 5.75 Å². The third-order valence-electron chi connectivity index (χ3n) is 1.95. The fourth-order valence-corrected chi connectivity index (χ4v) is 2.42. The second-order valence-corrected chi connectivity index (χ2v) is 4.89. The van der Waals surface area contributed by atoms with Gasteiger partial charge in [0.15, 0.2) is 0 Å². The maximum atomic E-state index is 9.69. The molecule has 13 heavy (non-hydrogen) atoms. The van der Waals surface area contributed by atoms with E-state index < -0.39 is 12.2 Å². The summed E-state index contributed by atoms with van der Waals surface area (Å²) >= 11 is 5.57. The van der Waals surface area contributed by atoms with Gasteiger partial charge in [0.05, 0.1) is 6.10 Å². The summed E-state index contributed by atoms with van der Waals surface area (Å²) in [4.78, 5) is 2.21. The van der Waals surface area contributed by atoms with Gasteiger partial charge in [-0.25, -0.2) is 0 Å². The first kappa shape index (κ1) is 11.0. The van der Waals surface area contributed by atoms with Crippen molar-refractivity contribution in [3.63, 3.8) is 0 Å². The number of rotatable bonds is 3. The Balaban J connectivity index is 2.87. The van der Waals surface area contributed by atoms with Gasteiger partial charge in [0.1, 0.15) is 6.10 Å². The highest BCUT2D eigenvalue weighted by Gasteiger charge is 2.19. The molecule has 4 heteroatoms. The van der Waals surface area contributed by atoms with Crippen LogP contribution in [0.4, 0.5) is 0 Å². The first-order valence-corrected chi connectivity index (χ1v) is 5.55. The van der Waals surface area contributed by atoms with Crippen molar-refractivity contribution < 1.29 is 10.2 Å². The minimum absolute atomic E-state index is 0.273. The Morgan fingerprint density at radius 3 is 2.46 bits per heavy atom. The molecule has 0 aromatic carbocycles. The lowest BCUT2D eigenvalue weighted by Crippen LogP contribution is -2.19. The van der Waals surface area contributed by atoms with E-state index in [1.54, 1.807) is 11.3 Å². The van der Waals surface area contributed by atoms with Crippen LogP contribution in [0.5, 0.6) is 0 Å².